The highest BCUT2D eigenvalue weighted by Gasteiger charge is 2.41. The molecule has 0 radical (unpaired) electrons. The number of esters is 1. The topological polar surface area (TPSA) is 84.1 Å². The first kappa shape index (κ1) is 25.5. The van der Waals surface area contributed by atoms with Crippen molar-refractivity contribution in [2.45, 2.75) is 19.9 Å². The summed E-state index contributed by atoms with van der Waals surface area (Å²) in [5.74, 6) is 1.70. The van der Waals surface area contributed by atoms with Crippen LogP contribution in [0.15, 0.2) is 119 Å². The molecule has 0 aliphatic carbocycles. The molecule has 8 heteroatoms. The predicted molar refractivity (Wildman–Crippen MR) is 166 cm³/mol. The van der Waals surface area contributed by atoms with E-state index in [0.29, 0.717) is 23.8 Å². The molecule has 0 amide bonds. The summed E-state index contributed by atoms with van der Waals surface area (Å²) in [6.45, 7) is 4.17. The molecule has 5 aromatic rings. The van der Waals surface area contributed by atoms with E-state index in [9.17, 15) is 4.79 Å². The third-order valence-electron chi connectivity index (χ3n) is 7.41. The lowest BCUT2D eigenvalue weighted by molar-refractivity contribution is 0.0526. The van der Waals surface area contributed by atoms with Crippen LogP contribution in [0.4, 0.5) is 22.9 Å². The van der Waals surface area contributed by atoms with Crippen LogP contribution in [0, 0.1) is 6.92 Å². The number of ether oxygens (including phenoxy) is 1. The first-order chi connectivity index (χ1) is 20.6. The molecule has 0 unspecified atom stereocenters. The first-order valence-corrected chi connectivity index (χ1v) is 13.9. The Labute approximate surface area is 243 Å². The molecule has 1 atom stereocenters. The van der Waals surface area contributed by atoms with E-state index < -0.39 is 0 Å². The van der Waals surface area contributed by atoms with Gasteiger partial charge in [-0.1, -0.05) is 60.7 Å². The monoisotopic (exact) mass is 552 g/mol. The number of hydrogen-bond donors (Lipinski definition) is 1. The molecule has 0 spiro atoms. The number of carbonyl (C=O) groups excluding carboxylic acids is 1. The fourth-order valence-corrected chi connectivity index (χ4v) is 5.54. The lowest BCUT2D eigenvalue weighted by atomic mass is 9.93. The van der Waals surface area contributed by atoms with Crippen molar-refractivity contribution in [1.29, 1.82) is 0 Å². The second kappa shape index (κ2) is 10.5. The molecule has 206 valence electrons. The van der Waals surface area contributed by atoms with E-state index >= 15 is 0 Å². The van der Waals surface area contributed by atoms with E-state index in [1.165, 1.54) is 0 Å². The average Bonchev–Trinajstić information content (AvgIpc) is 3.37. The standard InChI is InChI=1S/C34H28N6O2/c1-3-42-34(41)24-18-20-25(21-19-24)35-31-33-37-32-29(22(2)38-40(32)26-14-8-5-9-15-26)30(23-12-6-4-7-13-23)39(33)28-17-11-10-16-27(28)36-31/h4-21,30H,3H2,1-2H3,(H,35,36)/t30-/m0/s1. The molecule has 0 bridgehead atoms. The van der Waals surface area contributed by atoms with E-state index in [2.05, 4.69) is 40.5 Å². The van der Waals surface area contributed by atoms with Crippen LogP contribution in [0.3, 0.4) is 0 Å². The van der Waals surface area contributed by atoms with Gasteiger partial charge in [0.15, 0.2) is 17.5 Å². The van der Waals surface area contributed by atoms with Gasteiger partial charge in [-0.05, 0) is 67.9 Å². The van der Waals surface area contributed by atoms with Gasteiger partial charge >= 0.3 is 5.97 Å². The van der Waals surface area contributed by atoms with Crippen LogP contribution in [0.2, 0.25) is 0 Å². The molecule has 7 rings (SSSR count). The van der Waals surface area contributed by atoms with Gasteiger partial charge in [-0.25, -0.2) is 19.5 Å². The molecule has 1 aromatic heterocycles. The molecule has 2 aliphatic rings. The number of amidine groups is 2. The average molecular weight is 553 g/mol. The van der Waals surface area contributed by atoms with Crippen LogP contribution in [0.25, 0.3) is 5.69 Å². The summed E-state index contributed by atoms with van der Waals surface area (Å²) in [7, 11) is 0. The third-order valence-corrected chi connectivity index (χ3v) is 7.41. The van der Waals surface area contributed by atoms with Gasteiger partial charge in [-0.2, -0.15) is 5.10 Å². The van der Waals surface area contributed by atoms with Gasteiger partial charge in [-0.15, -0.1) is 0 Å². The lowest BCUT2D eigenvalue weighted by Crippen LogP contribution is -2.46. The first-order valence-electron chi connectivity index (χ1n) is 13.9. The van der Waals surface area contributed by atoms with Crippen LogP contribution in [0.1, 0.15) is 40.1 Å². The van der Waals surface area contributed by atoms with Gasteiger partial charge in [0.2, 0.25) is 0 Å². The van der Waals surface area contributed by atoms with E-state index in [4.69, 9.17) is 19.8 Å². The molecule has 0 saturated heterocycles. The molecule has 2 aliphatic heterocycles. The van der Waals surface area contributed by atoms with E-state index in [1.54, 1.807) is 19.1 Å². The molecular formula is C34H28N6O2. The number of aliphatic imine (C=N–C) groups is 2. The largest absolute Gasteiger partial charge is 0.462 e. The summed E-state index contributed by atoms with van der Waals surface area (Å²) < 4.78 is 7.06. The van der Waals surface area contributed by atoms with Crippen molar-refractivity contribution >= 4 is 40.5 Å². The van der Waals surface area contributed by atoms with Gasteiger partial charge in [0, 0.05) is 11.3 Å². The molecule has 3 heterocycles. The maximum atomic E-state index is 12.2. The summed E-state index contributed by atoms with van der Waals surface area (Å²) in [6.07, 6.45) is 0. The fourth-order valence-electron chi connectivity index (χ4n) is 5.54. The maximum absolute atomic E-state index is 12.2. The molecule has 42 heavy (non-hydrogen) atoms. The Balaban J connectivity index is 1.41. The van der Waals surface area contributed by atoms with Crippen molar-refractivity contribution < 1.29 is 9.53 Å². The van der Waals surface area contributed by atoms with Crippen LogP contribution >= 0.6 is 0 Å². The Kier molecular flexibility index (Phi) is 6.35. The smallest absolute Gasteiger partial charge is 0.338 e. The van der Waals surface area contributed by atoms with Crippen molar-refractivity contribution in [3.8, 4) is 5.69 Å². The van der Waals surface area contributed by atoms with Crippen molar-refractivity contribution in [3.05, 3.63) is 132 Å². The van der Waals surface area contributed by atoms with E-state index in [-0.39, 0.29) is 12.0 Å². The number of rotatable bonds is 5. The maximum Gasteiger partial charge on any atom is 0.338 e. The summed E-state index contributed by atoms with van der Waals surface area (Å²) >= 11 is 0. The molecule has 8 nitrogen and oxygen atoms in total. The zero-order valence-corrected chi connectivity index (χ0v) is 23.2. The molecule has 0 fully saturated rings. The number of hydrogen-bond acceptors (Lipinski definition) is 7. The minimum Gasteiger partial charge on any atom is -0.462 e. The summed E-state index contributed by atoms with van der Waals surface area (Å²) in [5.41, 5.74) is 7.08. The van der Waals surface area contributed by atoms with Gasteiger partial charge in [-0.3, -0.25) is 0 Å². The zero-order valence-electron chi connectivity index (χ0n) is 23.2. The van der Waals surface area contributed by atoms with Crippen molar-refractivity contribution in [2.75, 3.05) is 16.8 Å². The van der Waals surface area contributed by atoms with Crippen LogP contribution in [-0.4, -0.2) is 34.0 Å². The number of carbonyl (C=O) groups is 1. The number of anilines is 2. The lowest BCUT2D eigenvalue weighted by Gasteiger charge is -2.40. The molecule has 0 saturated carbocycles. The van der Waals surface area contributed by atoms with Gasteiger partial charge in [0.05, 0.1) is 41.0 Å². The second-order valence-electron chi connectivity index (χ2n) is 10.1. The van der Waals surface area contributed by atoms with Gasteiger partial charge < -0.3 is 15.0 Å². The minimum atomic E-state index is -0.349. The number of para-hydroxylation sites is 3. The highest BCUT2D eigenvalue weighted by atomic mass is 16.5. The summed E-state index contributed by atoms with van der Waals surface area (Å²) in [5, 5.41) is 8.46. The Hall–Kier alpha value is -5.50. The highest BCUT2D eigenvalue weighted by Crippen LogP contribution is 2.48. The number of nitrogens with one attached hydrogen (secondary N) is 1. The number of nitrogens with zero attached hydrogens (tertiary/aromatic N) is 5. The Morgan fingerprint density at radius 3 is 2.29 bits per heavy atom. The Morgan fingerprint density at radius 2 is 1.55 bits per heavy atom. The SMILES string of the molecule is CCOC(=O)c1ccc(NC2=Nc3ccccc3N3C2=Nc2c(c(C)nn2-c2ccccc2)[C@@H]3c2ccccc2)cc1. The summed E-state index contributed by atoms with van der Waals surface area (Å²) in [6, 6.07) is 35.6. The molecule has 4 aromatic carbocycles. The van der Waals surface area contributed by atoms with E-state index in [0.717, 1.165) is 45.4 Å². The van der Waals surface area contributed by atoms with Crippen LogP contribution in [0.5, 0.6) is 0 Å². The normalized spacial score (nSPS) is 15.1. The predicted octanol–water partition coefficient (Wildman–Crippen LogP) is 7.15. The number of benzene rings is 4. The van der Waals surface area contributed by atoms with Crippen LogP contribution < -0.4 is 10.2 Å². The van der Waals surface area contributed by atoms with E-state index in [1.807, 2.05) is 78.3 Å². The Bertz CT molecular complexity index is 1840. The third kappa shape index (κ3) is 4.34. The van der Waals surface area contributed by atoms with Gasteiger partial charge in [0.25, 0.3) is 0 Å². The number of aromatic nitrogens is 2. The Morgan fingerprint density at radius 1 is 0.857 bits per heavy atom. The molecule has 1 N–H and O–H groups in total. The van der Waals surface area contributed by atoms with Crippen molar-refractivity contribution in [1.82, 2.24) is 9.78 Å². The number of aryl methyl sites for hydroxylation is 1. The van der Waals surface area contributed by atoms with Crippen LogP contribution in [-0.2, 0) is 4.74 Å². The summed E-state index contributed by atoms with van der Waals surface area (Å²) in [4.78, 5) is 24.8. The second-order valence-corrected chi connectivity index (χ2v) is 10.1. The number of fused-ring (bicyclic) bond motifs is 4. The minimum absolute atomic E-state index is 0.189. The van der Waals surface area contributed by atoms with Gasteiger partial charge in [0.1, 0.15) is 0 Å². The van der Waals surface area contributed by atoms with Crippen molar-refractivity contribution in [3.63, 3.8) is 0 Å². The zero-order chi connectivity index (χ0) is 28.6. The molecular weight excluding hydrogens is 524 g/mol. The van der Waals surface area contributed by atoms with Crippen molar-refractivity contribution in [2.24, 2.45) is 9.98 Å². The fraction of sp³-hybridized carbons (Fsp3) is 0.118. The highest BCUT2D eigenvalue weighted by molar-refractivity contribution is 6.51. The quantitative estimate of drug-likeness (QED) is 0.234.